The SMILES string of the molecule is N#CCCc1nnc(-c2ccncc2)o1. The average Bonchev–Trinajstić information content (AvgIpc) is 2.76. The summed E-state index contributed by atoms with van der Waals surface area (Å²) in [5, 5.41) is 16.1. The Morgan fingerprint density at radius 2 is 2.07 bits per heavy atom. The summed E-state index contributed by atoms with van der Waals surface area (Å²) in [7, 11) is 0. The molecule has 74 valence electrons. The molecule has 5 nitrogen and oxygen atoms in total. The fourth-order valence-electron chi connectivity index (χ4n) is 1.13. The molecule has 5 heteroatoms. The van der Waals surface area contributed by atoms with Gasteiger partial charge in [-0.25, -0.2) is 0 Å². The highest BCUT2D eigenvalue weighted by molar-refractivity contribution is 5.50. The molecule has 0 unspecified atom stereocenters. The lowest BCUT2D eigenvalue weighted by molar-refractivity contribution is 0.507. The van der Waals surface area contributed by atoms with E-state index in [0.29, 0.717) is 24.6 Å². The Morgan fingerprint density at radius 1 is 1.27 bits per heavy atom. The third kappa shape index (κ3) is 2.17. The lowest BCUT2D eigenvalue weighted by Crippen LogP contribution is -1.82. The monoisotopic (exact) mass is 200 g/mol. The molecule has 0 N–H and O–H groups in total. The van der Waals surface area contributed by atoms with Gasteiger partial charge in [0.2, 0.25) is 11.8 Å². The van der Waals surface area contributed by atoms with Crippen molar-refractivity contribution in [2.75, 3.05) is 0 Å². The smallest absolute Gasteiger partial charge is 0.247 e. The minimum Gasteiger partial charge on any atom is -0.421 e. The number of hydrogen-bond acceptors (Lipinski definition) is 5. The Morgan fingerprint density at radius 3 is 2.80 bits per heavy atom. The summed E-state index contributed by atoms with van der Waals surface area (Å²) in [5.41, 5.74) is 0.834. The van der Waals surface area contributed by atoms with Crippen LogP contribution in [0.15, 0.2) is 28.9 Å². The molecule has 0 aliphatic carbocycles. The molecular formula is C10H8N4O. The van der Waals surface area contributed by atoms with Crippen molar-refractivity contribution in [2.45, 2.75) is 12.8 Å². The molecule has 0 amide bonds. The topological polar surface area (TPSA) is 75.6 Å². The summed E-state index contributed by atoms with van der Waals surface area (Å²) in [6, 6.07) is 5.61. The number of aromatic nitrogens is 3. The van der Waals surface area contributed by atoms with Gasteiger partial charge in [0.25, 0.3) is 0 Å². The number of nitriles is 1. The van der Waals surface area contributed by atoms with Crippen LogP contribution in [-0.2, 0) is 6.42 Å². The van der Waals surface area contributed by atoms with E-state index in [4.69, 9.17) is 9.68 Å². The highest BCUT2D eigenvalue weighted by Crippen LogP contribution is 2.16. The standard InChI is InChI=1S/C10H8N4O/c11-5-1-2-9-13-14-10(15-9)8-3-6-12-7-4-8/h3-4,6-7H,1-2H2. The molecule has 2 heterocycles. The number of hydrogen-bond donors (Lipinski definition) is 0. The maximum atomic E-state index is 8.40. The van der Waals surface area contributed by atoms with Gasteiger partial charge in [-0.15, -0.1) is 10.2 Å². The normalized spacial score (nSPS) is 9.80. The van der Waals surface area contributed by atoms with Crippen molar-refractivity contribution in [2.24, 2.45) is 0 Å². The first-order chi connectivity index (χ1) is 7.40. The fraction of sp³-hybridized carbons (Fsp3) is 0.200. The molecule has 0 fully saturated rings. The molecule has 0 radical (unpaired) electrons. The Balaban J connectivity index is 2.18. The first-order valence-electron chi connectivity index (χ1n) is 4.50. The van der Waals surface area contributed by atoms with Crippen LogP contribution in [0.5, 0.6) is 0 Å². The van der Waals surface area contributed by atoms with Crippen molar-refractivity contribution < 1.29 is 4.42 Å². The van der Waals surface area contributed by atoms with Gasteiger partial charge in [0.1, 0.15) is 0 Å². The summed E-state index contributed by atoms with van der Waals surface area (Å²) in [4.78, 5) is 3.89. The lowest BCUT2D eigenvalue weighted by atomic mass is 10.3. The van der Waals surface area contributed by atoms with E-state index in [1.807, 2.05) is 6.07 Å². The van der Waals surface area contributed by atoms with Crippen molar-refractivity contribution in [3.63, 3.8) is 0 Å². The molecular weight excluding hydrogens is 192 g/mol. The number of rotatable bonds is 3. The van der Waals surface area contributed by atoms with Gasteiger partial charge >= 0.3 is 0 Å². The van der Waals surface area contributed by atoms with Gasteiger partial charge in [-0.3, -0.25) is 4.98 Å². The molecule has 0 aliphatic rings. The zero-order valence-electron chi connectivity index (χ0n) is 7.92. The molecule has 2 rings (SSSR count). The van der Waals surface area contributed by atoms with Crippen molar-refractivity contribution in [3.05, 3.63) is 30.4 Å². The molecule has 0 aliphatic heterocycles. The second-order valence-electron chi connectivity index (χ2n) is 2.89. The summed E-state index contributed by atoms with van der Waals surface area (Å²) in [6.45, 7) is 0. The Bertz CT molecular complexity index is 472. The molecule has 0 bridgehead atoms. The van der Waals surface area contributed by atoms with Gasteiger partial charge in [-0.2, -0.15) is 5.26 Å². The molecule has 15 heavy (non-hydrogen) atoms. The highest BCUT2D eigenvalue weighted by Gasteiger charge is 2.07. The van der Waals surface area contributed by atoms with Gasteiger partial charge in [0.05, 0.1) is 6.07 Å². The van der Waals surface area contributed by atoms with Crippen LogP contribution in [0.4, 0.5) is 0 Å². The molecule has 0 saturated carbocycles. The van der Waals surface area contributed by atoms with Crippen LogP contribution in [-0.4, -0.2) is 15.2 Å². The average molecular weight is 200 g/mol. The summed E-state index contributed by atoms with van der Waals surface area (Å²) in [5.74, 6) is 0.953. The first kappa shape index (κ1) is 9.34. The van der Waals surface area contributed by atoms with E-state index in [1.54, 1.807) is 24.5 Å². The largest absolute Gasteiger partial charge is 0.421 e. The van der Waals surface area contributed by atoms with Gasteiger partial charge < -0.3 is 4.42 Å². The quantitative estimate of drug-likeness (QED) is 0.751. The van der Waals surface area contributed by atoms with E-state index < -0.39 is 0 Å². The zero-order chi connectivity index (χ0) is 10.5. The second kappa shape index (κ2) is 4.33. The van der Waals surface area contributed by atoms with Crippen LogP contribution >= 0.6 is 0 Å². The van der Waals surface area contributed by atoms with Gasteiger partial charge in [-0.05, 0) is 12.1 Å². The maximum Gasteiger partial charge on any atom is 0.247 e. The summed E-state index contributed by atoms with van der Waals surface area (Å²) < 4.78 is 5.37. The van der Waals surface area contributed by atoms with Gasteiger partial charge in [0.15, 0.2) is 0 Å². The Kier molecular flexibility index (Phi) is 2.70. The van der Waals surface area contributed by atoms with Crippen LogP contribution in [0.3, 0.4) is 0 Å². The highest BCUT2D eigenvalue weighted by atomic mass is 16.4. The first-order valence-corrected chi connectivity index (χ1v) is 4.50. The molecule has 0 spiro atoms. The summed E-state index contributed by atoms with van der Waals surface area (Å²) in [6.07, 6.45) is 4.20. The number of pyridine rings is 1. The number of nitrogens with zero attached hydrogens (tertiary/aromatic N) is 4. The second-order valence-corrected chi connectivity index (χ2v) is 2.89. The van der Waals surface area contributed by atoms with Crippen molar-refractivity contribution in [1.29, 1.82) is 5.26 Å². The Hall–Kier alpha value is -2.22. The van der Waals surface area contributed by atoms with Crippen LogP contribution < -0.4 is 0 Å². The Labute approximate surface area is 86.4 Å². The molecule has 0 aromatic carbocycles. The molecule has 0 saturated heterocycles. The third-order valence-corrected chi connectivity index (χ3v) is 1.84. The van der Waals surface area contributed by atoms with E-state index in [1.165, 1.54) is 0 Å². The lowest BCUT2D eigenvalue weighted by Gasteiger charge is -1.91. The maximum absolute atomic E-state index is 8.40. The predicted octanol–water partition coefficient (Wildman–Crippen LogP) is 1.59. The van der Waals surface area contributed by atoms with Crippen LogP contribution in [0, 0.1) is 11.3 Å². The van der Waals surface area contributed by atoms with E-state index in [-0.39, 0.29) is 0 Å². The fourth-order valence-corrected chi connectivity index (χ4v) is 1.13. The minimum atomic E-state index is 0.387. The van der Waals surface area contributed by atoms with E-state index >= 15 is 0 Å². The van der Waals surface area contributed by atoms with Crippen molar-refractivity contribution in [3.8, 4) is 17.5 Å². The zero-order valence-corrected chi connectivity index (χ0v) is 7.92. The van der Waals surface area contributed by atoms with Crippen molar-refractivity contribution in [1.82, 2.24) is 15.2 Å². The van der Waals surface area contributed by atoms with E-state index in [9.17, 15) is 0 Å². The van der Waals surface area contributed by atoms with Crippen LogP contribution in [0.2, 0.25) is 0 Å². The van der Waals surface area contributed by atoms with E-state index in [0.717, 1.165) is 5.56 Å². The van der Waals surface area contributed by atoms with E-state index in [2.05, 4.69) is 15.2 Å². The summed E-state index contributed by atoms with van der Waals surface area (Å²) >= 11 is 0. The minimum absolute atomic E-state index is 0.387. The predicted molar refractivity (Wildman–Crippen MR) is 51.5 cm³/mol. The molecule has 0 atom stereocenters. The third-order valence-electron chi connectivity index (χ3n) is 1.84. The number of aryl methyl sites for hydroxylation is 1. The molecule has 2 aromatic rings. The van der Waals surface area contributed by atoms with Crippen LogP contribution in [0.25, 0.3) is 11.5 Å². The van der Waals surface area contributed by atoms with Gasteiger partial charge in [-0.1, -0.05) is 0 Å². The van der Waals surface area contributed by atoms with Crippen molar-refractivity contribution >= 4 is 0 Å². The van der Waals surface area contributed by atoms with Crippen LogP contribution in [0.1, 0.15) is 12.3 Å². The van der Waals surface area contributed by atoms with Gasteiger partial charge in [0, 0.05) is 30.8 Å². The molecule has 2 aromatic heterocycles.